The van der Waals surface area contributed by atoms with E-state index in [1.807, 2.05) is 18.2 Å². The lowest BCUT2D eigenvalue weighted by Gasteiger charge is -2.43. The summed E-state index contributed by atoms with van der Waals surface area (Å²) in [5.74, 6) is -1.68. The molecule has 0 heterocycles. The van der Waals surface area contributed by atoms with Crippen LogP contribution in [0.1, 0.15) is 65.7 Å². The molecule has 1 aromatic carbocycles. The number of rotatable bonds is 11. The first-order chi connectivity index (χ1) is 19.2. The molecule has 0 amide bonds. The summed E-state index contributed by atoms with van der Waals surface area (Å²) in [6.07, 6.45) is 1.68. The van der Waals surface area contributed by atoms with Gasteiger partial charge in [0.25, 0.3) is 0 Å². The molecule has 2 aliphatic carbocycles. The third-order valence-corrected chi connectivity index (χ3v) is 19.7. The van der Waals surface area contributed by atoms with Crippen LogP contribution in [0.5, 0.6) is 0 Å². The first kappa shape index (κ1) is 33.8. The Kier molecular flexibility index (Phi) is 10.9. The Balaban J connectivity index is 2.09. The Hall–Kier alpha value is -1.75. The van der Waals surface area contributed by atoms with Gasteiger partial charge in [0.15, 0.2) is 16.6 Å². The van der Waals surface area contributed by atoms with Crippen LogP contribution >= 0.6 is 0 Å². The van der Waals surface area contributed by atoms with Gasteiger partial charge in [-0.25, -0.2) is 4.79 Å². The van der Waals surface area contributed by atoms with Crippen LogP contribution in [-0.2, 0) is 23.1 Å². The maximum absolute atomic E-state index is 13.7. The third kappa shape index (κ3) is 6.92. The highest BCUT2D eigenvalue weighted by Gasteiger charge is 2.60. The molecular weight excluding hydrogens is 549 g/mol. The van der Waals surface area contributed by atoms with Gasteiger partial charge in [-0.2, -0.15) is 0 Å². The standard InChI is InChI=1S/C33H54O6Si2/c1-12-41(13-2,14-3)39-29-23(5)30(38-31(34)24-18-16-15-17-19-24)27-25(29)20-22(4)26(28(27)32(35)36-9)21-37-40(10,11)33(6,7)8/h15-20,23,25-30H,12-14,21H2,1-11H3/t23-,25+,26-,27-,28-,29-,30+/m0/s1. The van der Waals surface area contributed by atoms with Gasteiger partial charge in [0.05, 0.1) is 24.7 Å². The molecule has 41 heavy (non-hydrogen) atoms. The normalized spacial score (nSPS) is 28.6. The van der Waals surface area contributed by atoms with Crippen LogP contribution in [0.15, 0.2) is 42.0 Å². The zero-order valence-corrected chi connectivity index (χ0v) is 29.3. The van der Waals surface area contributed by atoms with Crippen molar-refractivity contribution in [2.45, 2.75) is 104 Å². The summed E-state index contributed by atoms with van der Waals surface area (Å²) in [7, 11) is -2.61. The number of benzene rings is 1. The quantitative estimate of drug-likeness (QED) is 0.146. The number of hydrogen-bond acceptors (Lipinski definition) is 6. The Bertz CT molecular complexity index is 1070. The number of esters is 2. The number of hydrogen-bond donors (Lipinski definition) is 0. The summed E-state index contributed by atoms with van der Waals surface area (Å²) >= 11 is 0. The summed E-state index contributed by atoms with van der Waals surface area (Å²) in [4.78, 5) is 27.1. The van der Waals surface area contributed by atoms with E-state index in [1.165, 1.54) is 7.11 Å². The molecule has 1 aromatic rings. The molecule has 0 aliphatic heterocycles. The number of fused-ring (bicyclic) bond motifs is 1. The van der Waals surface area contributed by atoms with E-state index in [2.05, 4.69) is 74.6 Å². The number of methoxy groups -OCH3 is 1. The highest BCUT2D eigenvalue weighted by Crippen LogP contribution is 2.53. The van der Waals surface area contributed by atoms with Crippen molar-refractivity contribution in [3.8, 4) is 0 Å². The van der Waals surface area contributed by atoms with Gasteiger partial charge in [-0.1, -0.05) is 78.3 Å². The van der Waals surface area contributed by atoms with Gasteiger partial charge >= 0.3 is 11.9 Å². The zero-order valence-electron chi connectivity index (χ0n) is 27.3. The first-order valence-electron chi connectivity index (χ1n) is 15.5. The summed E-state index contributed by atoms with van der Waals surface area (Å²) < 4.78 is 25.7. The minimum Gasteiger partial charge on any atom is -0.469 e. The second-order valence-corrected chi connectivity index (χ2v) is 23.2. The smallest absolute Gasteiger partial charge is 0.338 e. The lowest BCUT2D eigenvalue weighted by Crippen LogP contribution is -2.48. The second kappa shape index (κ2) is 13.3. The number of ether oxygens (including phenoxy) is 2. The van der Waals surface area contributed by atoms with Crippen LogP contribution in [0.3, 0.4) is 0 Å². The summed E-state index contributed by atoms with van der Waals surface area (Å²) in [5, 5.41) is 0.0472. The Morgan fingerprint density at radius 2 is 1.54 bits per heavy atom. The van der Waals surface area contributed by atoms with Crippen molar-refractivity contribution in [3.63, 3.8) is 0 Å². The highest BCUT2D eigenvalue weighted by atomic mass is 28.4. The Labute approximate surface area is 250 Å². The van der Waals surface area contributed by atoms with Crippen LogP contribution < -0.4 is 0 Å². The van der Waals surface area contributed by atoms with E-state index in [1.54, 1.807) is 12.1 Å². The molecule has 0 spiro atoms. The van der Waals surface area contributed by atoms with E-state index >= 15 is 0 Å². The molecule has 7 atom stereocenters. The molecule has 0 radical (unpaired) electrons. The molecule has 0 N–H and O–H groups in total. The predicted octanol–water partition coefficient (Wildman–Crippen LogP) is 7.87. The maximum atomic E-state index is 13.7. The fourth-order valence-electron chi connectivity index (χ4n) is 6.59. The van der Waals surface area contributed by atoms with E-state index in [0.717, 1.165) is 23.7 Å². The average molecular weight is 603 g/mol. The SMILES string of the molecule is CC[Si](CC)(CC)O[C@H]1[C@H](C)[C@@H](OC(=O)c2ccccc2)[C@H]2[C@H]1C=C(C)[C@H](CO[Si](C)(C)C(C)(C)C)[C@@H]2C(=O)OC. The van der Waals surface area contributed by atoms with Gasteiger partial charge in [0, 0.05) is 30.3 Å². The summed E-state index contributed by atoms with van der Waals surface area (Å²) in [5.41, 5.74) is 1.64. The molecule has 0 aromatic heterocycles. The molecule has 1 saturated carbocycles. The van der Waals surface area contributed by atoms with Crippen LogP contribution in [0.25, 0.3) is 0 Å². The largest absolute Gasteiger partial charge is 0.469 e. The van der Waals surface area contributed by atoms with Crippen molar-refractivity contribution in [1.82, 2.24) is 0 Å². The van der Waals surface area contributed by atoms with Crippen LogP contribution in [0, 0.1) is 29.6 Å². The van der Waals surface area contributed by atoms with Gasteiger partial charge in [-0.05, 0) is 55.3 Å². The van der Waals surface area contributed by atoms with Crippen molar-refractivity contribution in [2.75, 3.05) is 13.7 Å². The lowest BCUT2D eigenvalue weighted by atomic mass is 9.68. The van der Waals surface area contributed by atoms with Crippen molar-refractivity contribution < 1.29 is 27.9 Å². The van der Waals surface area contributed by atoms with Gasteiger partial charge < -0.3 is 18.3 Å². The third-order valence-electron chi connectivity index (χ3n) is 10.6. The van der Waals surface area contributed by atoms with E-state index < -0.39 is 28.7 Å². The first-order valence-corrected chi connectivity index (χ1v) is 20.9. The van der Waals surface area contributed by atoms with Gasteiger partial charge in [0.2, 0.25) is 0 Å². The summed E-state index contributed by atoms with van der Waals surface area (Å²) in [6, 6.07) is 12.2. The minimum absolute atomic E-state index is 0.0472. The monoisotopic (exact) mass is 602 g/mol. The van der Waals surface area contributed by atoms with Crippen LogP contribution in [0.4, 0.5) is 0 Å². The van der Waals surface area contributed by atoms with Gasteiger partial charge in [-0.15, -0.1) is 0 Å². The van der Waals surface area contributed by atoms with Gasteiger partial charge in [0.1, 0.15) is 6.10 Å². The van der Waals surface area contributed by atoms with Gasteiger partial charge in [-0.3, -0.25) is 4.79 Å². The second-order valence-electron chi connectivity index (χ2n) is 13.7. The average Bonchev–Trinajstić information content (AvgIpc) is 3.18. The molecule has 0 bridgehead atoms. The molecule has 0 saturated heterocycles. The van der Waals surface area contributed by atoms with E-state index in [0.29, 0.717) is 12.2 Å². The van der Waals surface area contributed by atoms with E-state index in [4.69, 9.17) is 18.3 Å². The molecule has 0 unspecified atom stereocenters. The van der Waals surface area contributed by atoms with E-state index in [-0.39, 0.29) is 46.8 Å². The minimum atomic E-state index is -2.07. The topological polar surface area (TPSA) is 71.1 Å². The number of carbonyl (C=O) groups excluding carboxylic acids is 2. The Morgan fingerprint density at radius 3 is 2.05 bits per heavy atom. The molecule has 6 nitrogen and oxygen atoms in total. The molecule has 2 aliphatic rings. The molecule has 230 valence electrons. The molecule has 3 rings (SSSR count). The van der Waals surface area contributed by atoms with Crippen LogP contribution in [0.2, 0.25) is 36.3 Å². The fraction of sp³-hybridized carbons (Fsp3) is 0.697. The Morgan fingerprint density at radius 1 is 0.951 bits per heavy atom. The van der Waals surface area contributed by atoms with Crippen LogP contribution in [-0.4, -0.2) is 54.5 Å². The van der Waals surface area contributed by atoms with Crippen molar-refractivity contribution in [1.29, 1.82) is 0 Å². The molecule has 1 fully saturated rings. The highest BCUT2D eigenvalue weighted by molar-refractivity contribution is 6.74. The number of carbonyl (C=O) groups is 2. The van der Waals surface area contributed by atoms with E-state index in [9.17, 15) is 9.59 Å². The van der Waals surface area contributed by atoms with Crippen molar-refractivity contribution in [2.24, 2.45) is 29.6 Å². The fourth-order valence-corrected chi connectivity index (χ4v) is 10.6. The van der Waals surface area contributed by atoms with Crippen molar-refractivity contribution >= 4 is 28.6 Å². The lowest BCUT2D eigenvalue weighted by molar-refractivity contribution is -0.153. The van der Waals surface area contributed by atoms with Crippen molar-refractivity contribution in [3.05, 3.63) is 47.5 Å². The maximum Gasteiger partial charge on any atom is 0.338 e. The summed E-state index contributed by atoms with van der Waals surface area (Å²) in [6.45, 7) is 22.5. The predicted molar refractivity (Wildman–Crippen MR) is 170 cm³/mol. The molecular formula is C33H54O6Si2. The molecule has 8 heteroatoms. The zero-order chi connectivity index (χ0) is 30.8.